The number of aromatic nitrogens is 6. The van der Waals surface area contributed by atoms with E-state index in [-0.39, 0.29) is 24.3 Å². The molecule has 9 nitrogen and oxygen atoms in total. The summed E-state index contributed by atoms with van der Waals surface area (Å²) >= 11 is 6.10. The molecule has 0 spiro atoms. The van der Waals surface area contributed by atoms with Crippen LogP contribution in [0.4, 0.5) is 5.95 Å². The molecule has 1 fully saturated rings. The lowest BCUT2D eigenvalue weighted by molar-refractivity contribution is -0.131. The summed E-state index contributed by atoms with van der Waals surface area (Å²) in [5, 5.41) is 13.1. The van der Waals surface area contributed by atoms with E-state index in [0.29, 0.717) is 23.3 Å². The van der Waals surface area contributed by atoms with E-state index >= 15 is 0 Å². The van der Waals surface area contributed by atoms with Crippen molar-refractivity contribution < 1.29 is 4.79 Å². The van der Waals surface area contributed by atoms with Crippen LogP contribution in [0.15, 0.2) is 30.5 Å². The Bertz CT molecular complexity index is 1110. The Labute approximate surface area is 198 Å². The quantitative estimate of drug-likeness (QED) is 0.547. The number of rotatable bonds is 6. The van der Waals surface area contributed by atoms with E-state index in [1.165, 1.54) is 4.80 Å². The molecule has 4 rings (SSSR count). The number of anilines is 1. The fourth-order valence-electron chi connectivity index (χ4n) is 3.98. The largest absolute Gasteiger partial charge is 0.347 e. The molecule has 3 heterocycles. The lowest BCUT2D eigenvalue weighted by atomic mass is 9.89. The van der Waals surface area contributed by atoms with Crippen LogP contribution in [0.2, 0.25) is 5.02 Å². The minimum absolute atomic E-state index is 0.0120. The normalized spacial score (nSPS) is 16.3. The van der Waals surface area contributed by atoms with E-state index in [0.717, 1.165) is 36.2 Å². The van der Waals surface area contributed by atoms with E-state index in [9.17, 15) is 4.79 Å². The van der Waals surface area contributed by atoms with E-state index in [2.05, 4.69) is 20.4 Å². The highest BCUT2D eigenvalue weighted by Gasteiger charge is 2.29. The molecule has 10 heteroatoms. The molecule has 1 unspecified atom stereocenters. The summed E-state index contributed by atoms with van der Waals surface area (Å²) in [4.78, 5) is 27.8. The number of likely N-dealkylation sites (tertiary alicyclic amines) is 1. The maximum absolute atomic E-state index is 13.0. The molecule has 0 radical (unpaired) electrons. The summed E-state index contributed by atoms with van der Waals surface area (Å²) in [5.41, 5.74) is 2.94. The molecule has 0 saturated carbocycles. The Balaban J connectivity index is 1.58. The fourth-order valence-corrected chi connectivity index (χ4v) is 4.11. The second kappa shape index (κ2) is 9.82. The van der Waals surface area contributed by atoms with Gasteiger partial charge in [0.25, 0.3) is 0 Å². The third kappa shape index (κ3) is 5.30. The Morgan fingerprint density at radius 2 is 2.00 bits per heavy atom. The van der Waals surface area contributed by atoms with Gasteiger partial charge in [-0.05, 0) is 49.6 Å². The zero-order chi connectivity index (χ0) is 23.5. The van der Waals surface area contributed by atoms with Crippen molar-refractivity contribution in [1.29, 1.82) is 0 Å². The van der Waals surface area contributed by atoms with Gasteiger partial charge in [0.1, 0.15) is 0 Å². The van der Waals surface area contributed by atoms with E-state index in [1.807, 2.05) is 68.2 Å². The van der Waals surface area contributed by atoms with Crippen LogP contribution in [0.3, 0.4) is 0 Å². The van der Waals surface area contributed by atoms with Gasteiger partial charge in [-0.3, -0.25) is 4.79 Å². The summed E-state index contributed by atoms with van der Waals surface area (Å²) < 4.78 is 0. The summed E-state index contributed by atoms with van der Waals surface area (Å²) in [7, 11) is 3.85. The number of halogens is 1. The third-order valence-corrected chi connectivity index (χ3v) is 6.01. The van der Waals surface area contributed by atoms with Crippen LogP contribution in [0.25, 0.3) is 11.1 Å². The molecule has 1 aliphatic heterocycles. The smallest absolute Gasteiger partial charge is 0.230 e. The molecule has 0 N–H and O–H groups in total. The Kier molecular flexibility index (Phi) is 6.88. The first kappa shape index (κ1) is 23.1. The number of carbonyl (C=O) groups is 1. The number of carbonyl (C=O) groups excluding carboxylic acids is 1. The highest BCUT2D eigenvalue weighted by molar-refractivity contribution is 6.30. The lowest BCUT2D eigenvalue weighted by Gasteiger charge is -2.33. The minimum Gasteiger partial charge on any atom is -0.347 e. The molecule has 174 valence electrons. The van der Waals surface area contributed by atoms with Crippen LogP contribution in [0.5, 0.6) is 0 Å². The van der Waals surface area contributed by atoms with Crippen LogP contribution in [0.1, 0.15) is 50.2 Å². The lowest BCUT2D eigenvalue weighted by Crippen LogP contribution is -2.40. The van der Waals surface area contributed by atoms with E-state index in [1.54, 1.807) is 0 Å². The van der Waals surface area contributed by atoms with Gasteiger partial charge in [0, 0.05) is 49.9 Å². The summed E-state index contributed by atoms with van der Waals surface area (Å²) in [6.07, 6.45) is 3.88. The third-order valence-electron chi connectivity index (χ3n) is 5.76. The van der Waals surface area contributed by atoms with Crippen molar-refractivity contribution >= 4 is 23.5 Å². The monoisotopic (exact) mass is 468 g/mol. The maximum Gasteiger partial charge on any atom is 0.230 e. The average molecular weight is 469 g/mol. The zero-order valence-electron chi connectivity index (χ0n) is 19.4. The second-order valence-electron chi connectivity index (χ2n) is 8.85. The molecule has 1 amide bonds. The van der Waals surface area contributed by atoms with Crippen molar-refractivity contribution in [2.45, 2.75) is 45.1 Å². The molecular weight excluding hydrogens is 440 g/mol. The van der Waals surface area contributed by atoms with Gasteiger partial charge in [0.2, 0.25) is 11.9 Å². The van der Waals surface area contributed by atoms with Crippen LogP contribution in [0, 0.1) is 0 Å². The molecule has 1 aromatic carbocycles. The predicted molar refractivity (Wildman–Crippen MR) is 127 cm³/mol. The van der Waals surface area contributed by atoms with Crippen molar-refractivity contribution in [3.63, 3.8) is 0 Å². The molecular formula is C23H29ClN8O. The summed E-state index contributed by atoms with van der Waals surface area (Å²) in [6, 6.07) is 7.81. The molecule has 0 bridgehead atoms. The summed E-state index contributed by atoms with van der Waals surface area (Å²) in [6.45, 7) is 5.27. The second-order valence-corrected chi connectivity index (χ2v) is 9.28. The number of hydrogen-bond acceptors (Lipinski definition) is 7. The number of hydrogen-bond donors (Lipinski definition) is 0. The predicted octanol–water partition coefficient (Wildman–Crippen LogP) is 3.38. The highest BCUT2D eigenvalue weighted by atomic mass is 35.5. The van der Waals surface area contributed by atoms with Gasteiger partial charge in [-0.15, -0.1) is 10.2 Å². The minimum atomic E-state index is 0.0120. The van der Waals surface area contributed by atoms with Crippen LogP contribution >= 0.6 is 11.6 Å². The average Bonchev–Trinajstić information content (AvgIpc) is 3.28. The van der Waals surface area contributed by atoms with Gasteiger partial charge in [0.05, 0.1) is 18.2 Å². The standard InChI is InChI=1S/C23H29ClN8O/c1-15(2)32-28-20(27-29-32)12-21(33)31-11-5-6-17(14-31)22-19(13-25-23(26-22)30(3)4)16-7-9-18(24)10-8-16/h7-10,13,15,17H,5-6,11-12,14H2,1-4H3. The highest BCUT2D eigenvalue weighted by Crippen LogP contribution is 2.34. The van der Waals surface area contributed by atoms with Crippen molar-refractivity contribution in [2.24, 2.45) is 0 Å². The number of piperidine rings is 1. The molecule has 33 heavy (non-hydrogen) atoms. The van der Waals surface area contributed by atoms with Gasteiger partial charge in [-0.2, -0.15) is 4.80 Å². The van der Waals surface area contributed by atoms with Crippen LogP contribution in [-0.2, 0) is 11.2 Å². The molecule has 0 aliphatic carbocycles. The van der Waals surface area contributed by atoms with Gasteiger partial charge >= 0.3 is 0 Å². The van der Waals surface area contributed by atoms with Gasteiger partial charge < -0.3 is 9.80 Å². The van der Waals surface area contributed by atoms with Crippen molar-refractivity contribution in [3.8, 4) is 11.1 Å². The van der Waals surface area contributed by atoms with Crippen molar-refractivity contribution in [3.05, 3.63) is 47.0 Å². The number of benzene rings is 1. The van der Waals surface area contributed by atoms with Gasteiger partial charge in [0.15, 0.2) is 5.82 Å². The number of amides is 1. The topological polar surface area (TPSA) is 92.9 Å². The zero-order valence-corrected chi connectivity index (χ0v) is 20.2. The van der Waals surface area contributed by atoms with E-state index in [4.69, 9.17) is 16.6 Å². The van der Waals surface area contributed by atoms with Crippen molar-refractivity contribution in [2.75, 3.05) is 32.1 Å². The van der Waals surface area contributed by atoms with E-state index < -0.39 is 0 Å². The molecule has 2 aromatic heterocycles. The fraction of sp³-hybridized carbons (Fsp3) is 0.478. The SMILES string of the molecule is CC(C)n1nnc(CC(=O)N2CCCC(c3nc(N(C)C)ncc3-c3ccc(Cl)cc3)C2)n1. The molecule has 1 atom stereocenters. The van der Waals surface area contributed by atoms with Crippen molar-refractivity contribution in [1.82, 2.24) is 35.1 Å². The number of tetrazole rings is 1. The molecule has 1 aliphatic rings. The Morgan fingerprint density at radius 1 is 1.24 bits per heavy atom. The molecule has 3 aromatic rings. The van der Waals surface area contributed by atoms with Gasteiger partial charge in [-0.1, -0.05) is 23.7 Å². The van der Waals surface area contributed by atoms with Gasteiger partial charge in [-0.25, -0.2) is 9.97 Å². The van der Waals surface area contributed by atoms with Crippen LogP contribution < -0.4 is 4.90 Å². The first-order valence-corrected chi connectivity index (χ1v) is 11.6. The Morgan fingerprint density at radius 3 is 2.67 bits per heavy atom. The number of nitrogens with zero attached hydrogens (tertiary/aromatic N) is 8. The first-order chi connectivity index (χ1) is 15.8. The maximum atomic E-state index is 13.0. The summed E-state index contributed by atoms with van der Waals surface area (Å²) in [5.74, 6) is 1.22. The Hall–Kier alpha value is -3.07. The van der Waals surface area contributed by atoms with Crippen LogP contribution in [-0.4, -0.2) is 68.2 Å². The first-order valence-electron chi connectivity index (χ1n) is 11.2. The molecule has 1 saturated heterocycles.